The molecule has 0 bridgehead atoms. The third-order valence-electron chi connectivity index (χ3n) is 3.36. The lowest BCUT2D eigenvalue weighted by molar-refractivity contribution is -0.384. The number of hydrogen-bond acceptors (Lipinski definition) is 5. The standard InChI is InChI=1S/C13H18N4O2/c1-3-13(15,4-2)9-16-11-7-10(8-14)5-6-12(11)17(18)19/h5-7,16H,3-4,9,15H2,1-2H3. The van der Waals surface area contributed by atoms with Crippen LogP contribution in [0.25, 0.3) is 0 Å². The van der Waals surface area contributed by atoms with E-state index in [1.54, 1.807) is 0 Å². The zero-order chi connectivity index (χ0) is 14.5. The van der Waals surface area contributed by atoms with Crippen molar-refractivity contribution < 1.29 is 4.92 Å². The quantitative estimate of drug-likeness (QED) is 0.605. The van der Waals surface area contributed by atoms with Crippen molar-refractivity contribution in [1.82, 2.24) is 0 Å². The van der Waals surface area contributed by atoms with Gasteiger partial charge in [0.25, 0.3) is 5.69 Å². The van der Waals surface area contributed by atoms with Crippen LogP contribution < -0.4 is 11.1 Å². The van der Waals surface area contributed by atoms with Crippen molar-refractivity contribution in [3.63, 3.8) is 0 Å². The molecule has 0 aliphatic carbocycles. The van der Waals surface area contributed by atoms with Crippen LogP contribution >= 0.6 is 0 Å². The fraction of sp³-hybridized carbons (Fsp3) is 0.462. The predicted molar refractivity (Wildman–Crippen MR) is 73.8 cm³/mol. The molecule has 0 radical (unpaired) electrons. The summed E-state index contributed by atoms with van der Waals surface area (Å²) in [5, 5.41) is 22.8. The van der Waals surface area contributed by atoms with Crippen LogP contribution in [-0.4, -0.2) is 17.0 Å². The van der Waals surface area contributed by atoms with Crippen LogP contribution in [0.4, 0.5) is 11.4 Å². The van der Waals surface area contributed by atoms with Gasteiger partial charge in [0.2, 0.25) is 0 Å². The highest BCUT2D eigenvalue weighted by Gasteiger charge is 2.22. The summed E-state index contributed by atoms with van der Waals surface area (Å²) in [5.74, 6) is 0. The first-order valence-electron chi connectivity index (χ1n) is 6.17. The molecule has 3 N–H and O–H groups in total. The Morgan fingerprint density at radius 2 is 2.11 bits per heavy atom. The molecule has 0 saturated carbocycles. The van der Waals surface area contributed by atoms with E-state index in [1.165, 1.54) is 18.2 Å². The molecule has 0 unspecified atom stereocenters. The lowest BCUT2D eigenvalue weighted by Gasteiger charge is -2.27. The first kappa shape index (κ1) is 14.9. The van der Waals surface area contributed by atoms with Crippen LogP contribution in [0.2, 0.25) is 0 Å². The van der Waals surface area contributed by atoms with Gasteiger partial charge < -0.3 is 11.1 Å². The number of nitrogens with zero attached hydrogens (tertiary/aromatic N) is 2. The number of nitriles is 1. The molecule has 0 heterocycles. The van der Waals surface area contributed by atoms with Gasteiger partial charge in [-0.1, -0.05) is 13.8 Å². The van der Waals surface area contributed by atoms with Crippen LogP contribution in [0.1, 0.15) is 32.3 Å². The number of anilines is 1. The second kappa shape index (κ2) is 6.16. The van der Waals surface area contributed by atoms with E-state index in [0.29, 0.717) is 17.8 Å². The molecule has 0 aromatic heterocycles. The van der Waals surface area contributed by atoms with E-state index in [0.717, 1.165) is 12.8 Å². The van der Waals surface area contributed by atoms with Crippen LogP contribution in [0, 0.1) is 21.4 Å². The monoisotopic (exact) mass is 262 g/mol. The number of nitro groups is 1. The Kier molecular flexibility index (Phi) is 4.84. The zero-order valence-corrected chi connectivity index (χ0v) is 11.1. The van der Waals surface area contributed by atoms with Crippen molar-refractivity contribution in [2.75, 3.05) is 11.9 Å². The number of nitro benzene ring substituents is 1. The van der Waals surface area contributed by atoms with E-state index in [1.807, 2.05) is 19.9 Å². The van der Waals surface area contributed by atoms with E-state index < -0.39 is 10.5 Å². The van der Waals surface area contributed by atoms with Gasteiger partial charge in [-0.15, -0.1) is 0 Å². The Labute approximate surface area is 112 Å². The van der Waals surface area contributed by atoms with E-state index >= 15 is 0 Å². The van der Waals surface area contributed by atoms with Crippen LogP contribution in [0.3, 0.4) is 0 Å². The Balaban J connectivity index is 2.99. The largest absolute Gasteiger partial charge is 0.378 e. The molecule has 0 aliphatic rings. The maximum atomic E-state index is 10.9. The summed E-state index contributed by atoms with van der Waals surface area (Å²) in [6.07, 6.45) is 1.53. The van der Waals surface area contributed by atoms with Crippen molar-refractivity contribution in [3.8, 4) is 6.07 Å². The summed E-state index contributed by atoms with van der Waals surface area (Å²) >= 11 is 0. The molecular weight excluding hydrogens is 244 g/mol. The third-order valence-corrected chi connectivity index (χ3v) is 3.36. The van der Waals surface area contributed by atoms with Gasteiger partial charge >= 0.3 is 0 Å². The summed E-state index contributed by atoms with van der Waals surface area (Å²) in [6, 6.07) is 6.20. The Morgan fingerprint density at radius 3 is 2.58 bits per heavy atom. The summed E-state index contributed by atoms with van der Waals surface area (Å²) in [4.78, 5) is 10.5. The van der Waals surface area contributed by atoms with Crippen molar-refractivity contribution >= 4 is 11.4 Å². The predicted octanol–water partition coefficient (Wildman–Crippen LogP) is 2.40. The number of nitrogens with two attached hydrogens (primary N) is 1. The zero-order valence-electron chi connectivity index (χ0n) is 11.1. The van der Waals surface area contributed by atoms with E-state index in [-0.39, 0.29) is 5.69 Å². The topological polar surface area (TPSA) is 105 Å². The van der Waals surface area contributed by atoms with Gasteiger partial charge in [0.15, 0.2) is 0 Å². The highest BCUT2D eigenvalue weighted by molar-refractivity contribution is 5.64. The van der Waals surface area contributed by atoms with Crippen molar-refractivity contribution in [1.29, 1.82) is 5.26 Å². The molecule has 6 nitrogen and oxygen atoms in total. The Bertz CT molecular complexity index is 504. The van der Waals surface area contributed by atoms with Gasteiger partial charge in [0, 0.05) is 18.2 Å². The minimum Gasteiger partial charge on any atom is -0.378 e. The molecule has 1 aromatic carbocycles. The maximum Gasteiger partial charge on any atom is 0.292 e. The van der Waals surface area contributed by atoms with Gasteiger partial charge in [-0.3, -0.25) is 10.1 Å². The smallest absolute Gasteiger partial charge is 0.292 e. The molecule has 0 aliphatic heterocycles. The SMILES string of the molecule is CCC(N)(CC)CNc1cc(C#N)ccc1[N+](=O)[O-]. The minimum absolute atomic E-state index is 0.0476. The van der Waals surface area contributed by atoms with Gasteiger partial charge in [-0.05, 0) is 25.0 Å². The summed E-state index contributed by atoms with van der Waals surface area (Å²) in [6.45, 7) is 4.38. The second-order valence-corrected chi connectivity index (χ2v) is 4.52. The summed E-state index contributed by atoms with van der Waals surface area (Å²) < 4.78 is 0. The van der Waals surface area contributed by atoms with Crippen LogP contribution in [0.15, 0.2) is 18.2 Å². The fourth-order valence-corrected chi connectivity index (χ4v) is 1.68. The summed E-state index contributed by atoms with van der Waals surface area (Å²) in [5.41, 5.74) is 6.40. The van der Waals surface area contributed by atoms with Gasteiger partial charge in [0.05, 0.1) is 16.6 Å². The van der Waals surface area contributed by atoms with E-state index in [4.69, 9.17) is 11.0 Å². The molecule has 1 aromatic rings. The van der Waals surface area contributed by atoms with Crippen molar-refractivity contribution in [2.45, 2.75) is 32.2 Å². The number of nitrogens with one attached hydrogen (secondary N) is 1. The van der Waals surface area contributed by atoms with Gasteiger partial charge in [-0.2, -0.15) is 5.26 Å². The summed E-state index contributed by atoms with van der Waals surface area (Å²) in [7, 11) is 0. The lowest BCUT2D eigenvalue weighted by atomic mass is 9.94. The van der Waals surface area contributed by atoms with Gasteiger partial charge in [0.1, 0.15) is 5.69 Å². The normalized spacial score (nSPS) is 10.8. The van der Waals surface area contributed by atoms with E-state index in [2.05, 4.69) is 5.32 Å². The fourth-order valence-electron chi connectivity index (χ4n) is 1.68. The molecular formula is C13H18N4O2. The van der Waals surface area contributed by atoms with Crippen LogP contribution in [-0.2, 0) is 0 Å². The molecule has 0 spiro atoms. The van der Waals surface area contributed by atoms with Crippen LogP contribution in [0.5, 0.6) is 0 Å². The molecule has 0 fully saturated rings. The molecule has 6 heteroatoms. The average Bonchev–Trinajstić information content (AvgIpc) is 2.44. The lowest BCUT2D eigenvalue weighted by Crippen LogP contribution is -2.45. The van der Waals surface area contributed by atoms with Gasteiger partial charge in [-0.25, -0.2) is 0 Å². The third kappa shape index (κ3) is 3.66. The number of hydrogen-bond donors (Lipinski definition) is 2. The Morgan fingerprint density at radius 1 is 1.47 bits per heavy atom. The number of benzene rings is 1. The highest BCUT2D eigenvalue weighted by atomic mass is 16.6. The molecule has 102 valence electrons. The average molecular weight is 262 g/mol. The highest BCUT2D eigenvalue weighted by Crippen LogP contribution is 2.26. The molecule has 0 atom stereocenters. The molecule has 0 saturated heterocycles. The maximum absolute atomic E-state index is 10.9. The first-order valence-corrected chi connectivity index (χ1v) is 6.17. The van der Waals surface area contributed by atoms with Crippen molar-refractivity contribution in [2.24, 2.45) is 5.73 Å². The Hall–Kier alpha value is -2.13. The van der Waals surface area contributed by atoms with Crippen molar-refractivity contribution in [3.05, 3.63) is 33.9 Å². The number of rotatable bonds is 6. The molecule has 1 rings (SSSR count). The molecule has 19 heavy (non-hydrogen) atoms. The minimum atomic E-state index is -0.473. The second-order valence-electron chi connectivity index (χ2n) is 4.52. The van der Waals surface area contributed by atoms with E-state index in [9.17, 15) is 10.1 Å². The molecule has 0 amide bonds. The first-order chi connectivity index (χ1) is 8.95.